The molecule has 116 valence electrons. The molecule has 0 amide bonds. The van der Waals surface area contributed by atoms with Crippen LogP contribution in [-0.2, 0) is 20.7 Å². The molecule has 21 heavy (non-hydrogen) atoms. The van der Waals surface area contributed by atoms with Crippen molar-refractivity contribution in [3.63, 3.8) is 0 Å². The highest BCUT2D eigenvalue weighted by Crippen LogP contribution is 2.23. The smallest absolute Gasteiger partial charge is 0.455 e. The van der Waals surface area contributed by atoms with E-state index in [0.717, 1.165) is 11.3 Å². The van der Waals surface area contributed by atoms with Gasteiger partial charge in [0.2, 0.25) is 0 Å². The Morgan fingerprint density at radius 2 is 2.19 bits per heavy atom. The molecular formula is C11H10ClF3N2O3S. The molecular weight excluding hydrogens is 333 g/mol. The van der Waals surface area contributed by atoms with Crippen LogP contribution in [0.5, 0.6) is 0 Å². The molecule has 0 saturated heterocycles. The fraction of sp³-hybridized carbons (Fsp3) is 0.364. The molecule has 0 unspecified atom stereocenters. The van der Waals surface area contributed by atoms with Gasteiger partial charge in [-0.2, -0.15) is 13.2 Å². The summed E-state index contributed by atoms with van der Waals surface area (Å²) < 4.78 is 41.0. The quantitative estimate of drug-likeness (QED) is 0.636. The van der Waals surface area contributed by atoms with E-state index in [2.05, 4.69) is 10.3 Å². The zero-order chi connectivity index (χ0) is 16.0. The van der Waals surface area contributed by atoms with Gasteiger partial charge in [0.25, 0.3) is 5.78 Å². The lowest BCUT2D eigenvalue weighted by Gasteiger charge is -2.03. The SMILES string of the molecule is CCOC(=O)Cc1csc(N/C=C(/Cl)C(=O)C(F)(F)F)n1. The minimum absolute atomic E-state index is 0.0506. The maximum absolute atomic E-state index is 12.1. The van der Waals surface area contributed by atoms with E-state index in [1.54, 1.807) is 6.92 Å². The number of anilines is 1. The number of halogens is 4. The second-order valence-electron chi connectivity index (χ2n) is 3.59. The van der Waals surface area contributed by atoms with Gasteiger partial charge >= 0.3 is 12.1 Å². The van der Waals surface area contributed by atoms with Gasteiger partial charge in [0, 0.05) is 11.6 Å². The third kappa shape index (κ3) is 5.72. The Hall–Kier alpha value is -1.61. The van der Waals surface area contributed by atoms with E-state index in [4.69, 9.17) is 16.3 Å². The highest BCUT2D eigenvalue weighted by atomic mass is 35.5. The average molecular weight is 343 g/mol. The first-order valence-electron chi connectivity index (χ1n) is 5.57. The number of ketones is 1. The topological polar surface area (TPSA) is 68.3 Å². The number of Topliss-reactive ketones (excluding diaryl/α,β-unsaturated/α-hetero) is 1. The molecule has 0 aliphatic carbocycles. The summed E-state index contributed by atoms with van der Waals surface area (Å²) in [6.07, 6.45) is -4.39. The summed E-state index contributed by atoms with van der Waals surface area (Å²) in [4.78, 5) is 25.9. The monoisotopic (exact) mass is 342 g/mol. The molecule has 0 radical (unpaired) electrons. The average Bonchev–Trinajstić information content (AvgIpc) is 2.81. The van der Waals surface area contributed by atoms with Crippen LogP contribution in [0, 0.1) is 0 Å². The zero-order valence-electron chi connectivity index (χ0n) is 10.7. The van der Waals surface area contributed by atoms with Crippen LogP contribution < -0.4 is 5.32 Å². The maximum atomic E-state index is 12.1. The Balaban J connectivity index is 2.63. The van der Waals surface area contributed by atoms with Crippen molar-refractivity contribution in [2.24, 2.45) is 0 Å². The van der Waals surface area contributed by atoms with Crippen molar-refractivity contribution in [2.45, 2.75) is 19.5 Å². The number of thiazole rings is 1. The molecule has 10 heteroatoms. The molecule has 1 aromatic heterocycles. The minimum atomic E-state index is -5.03. The molecule has 0 bridgehead atoms. The van der Waals surface area contributed by atoms with E-state index in [-0.39, 0.29) is 18.2 Å². The molecule has 1 N–H and O–H groups in total. The van der Waals surface area contributed by atoms with Gasteiger partial charge in [-0.1, -0.05) is 11.6 Å². The van der Waals surface area contributed by atoms with Crippen LogP contribution in [0.15, 0.2) is 16.6 Å². The van der Waals surface area contributed by atoms with Gasteiger partial charge in [-0.25, -0.2) is 4.98 Å². The summed E-state index contributed by atoms with van der Waals surface area (Å²) >= 11 is 6.28. The first kappa shape index (κ1) is 17.4. The molecule has 1 heterocycles. The van der Waals surface area contributed by atoms with Crippen molar-refractivity contribution in [1.29, 1.82) is 0 Å². The first-order chi connectivity index (χ1) is 9.74. The number of nitrogens with zero attached hydrogens (tertiary/aromatic N) is 1. The van der Waals surface area contributed by atoms with Crippen molar-refractivity contribution < 1.29 is 27.5 Å². The molecule has 0 aliphatic heterocycles. The van der Waals surface area contributed by atoms with Crippen LogP contribution in [-0.4, -0.2) is 29.5 Å². The normalized spacial score (nSPS) is 12.1. The van der Waals surface area contributed by atoms with Crippen LogP contribution in [0.1, 0.15) is 12.6 Å². The van der Waals surface area contributed by atoms with Crippen molar-refractivity contribution in [2.75, 3.05) is 11.9 Å². The van der Waals surface area contributed by atoms with Gasteiger partial charge in [0.15, 0.2) is 5.13 Å². The predicted octanol–water partition coefficient (Wildman–Crippen LogP) is 2.87. The lowest BCUT2D eigenvalue weighted by atomic mass is 10.3. The molecule has 0 spiro atoms. The van der Waals surface area contributed by atoms with Gasteiger partial charge in [0.05, 0.1) is 18.7 Å². The third-order valence-corrected chi connectivity index (χ3v) is 3.08. The maximum Gasteiger partial charge on any atom is 0.455 e. The van der Waals surface area contributed by atoms with E-state index < -0.39 is 23.0 Å². The van der Waals surface area contributed by atoms with Gasteiger partial charge in [0.1, 0.15) is 5.03 Å². The largest absolute Gasteiger partial charge is 0.466 e. The highest BCUT2D eigenvalue weighted by Gasteiger charge is 2.40. The number of ether oxygens (including phenoxy) is 1. The number of esters is 1. The van der Waals surface area contributed by atoms with Crippen molar-refractivity contribution in [1.82, 2.24) is 4.98 Å². The van der Waals surface area contributed by atoms with Gasteiger partial charge in [-0.15, -0.1) is 11.3 Å². The molecule has 0 atom stereocenters. The summed E-state index contributed by atoms with van der Waals surface area (Å²) in [5, 5.41) is 3.08. The van der Waals surface area contributed by atoms with Gasteiger partial charge < -0.3 is 10.1 Å². The molecule has 0 fully saturated rings. The fourth-order valence-electron chi connectivity index (χ4n) is 1.14. The van der Waals surface area contributed by atoms with Crippen LogP contribution in [0.3, 0.4) is 0 Å². The number of hydrogen-bond donors (Lipinski definition) is 1. The summed E-state index contributed by atoms with van der Waals surface area (Å²) in [7, 11) is 0. The van der Waals surface area contributed by atoms with Crippen LogP contribution in [0.25, 0.3) is 0 Å². The number of carbonyl (C=O) groups excluding carboxylic acids is 2. The van der Waals surface area contributed by atoms with E-state index in [1.807, 2.05) is 0 Å². The Bertz CT molecular complexity index is 557. The molecule has 5 nitrogen and oxygen atoms in total. The first-order valence-corrected chi connectivity index (χ1v) is 6.83. The van der Waals surface area contributed by atoms with Crippen LogP contribution in [0.2, 0.25) is 0 Å². The number of aromatic nitrogens is 1. The molecule has 0 saturated carbocycles. The molecule has 1 aromatic rings. The van der Waals surface area contributed by atoms with E-state index >= 15 is 0 Å². The van der Waals surface area contributed by atoms with Crippen LogP contribution in [0.4, 0.5) is 18.3 Å². The number of carbonyl (C=O) groups is 2. The van der Waals surface area contributed by atoms with Gasteiger partial charge in [-0.3, -0.25) is 9.59 Å². The summed E-state index contributed by atoms with van der Waals surface area (Å²) in [5.74, 6) is -2.62. The second kappa shape index (κ2) is 7.41. The number of rotatable bonds is 6. The molecule has 1 rings (SSSR count). The summed E-state index contributed by atoms with van der Waals surface area (Å²) in [6, 6.07) is 0. The Morgan fingerprint density at radius 3 is 2.76 bits per heavy atom. The van der Waals surface area contributed by atoms with E-state index in [9.17, 15) is 22.8 Å². The highest BCUT2D eigenvalue weighted by molar-refractivity contribution is 7.13. The predicted molar refractivity (Wildman–Crippen MR) is 71.1 cm³/mol. The second-order valence-corrected chi connectivity index (χ2v) is 4.85. The summed E-state index contributed by atoms with van der Waals surface area (Å²) in [6.45, 7) is 1.91. The zero-order valence-corrected chi connectivity index (χ0v) is 12.2. The lowest BCUT2D eigenvalue weighted by Crippen LogP contribution is -2.23. The fourth-order valence-corrected chi connectivity index (χ4v) is 1.98. The number of nitrogens with one attached hydrogen (secondary N) is 1. The Kier molecular flexibility index (Phi) is 6.16. The van der Waals surface area contributed by atoms with Gasteiger partial charge in [-0.05, 0) is 6.92 Å². The number of allylic oxidation sites excluding steroid dienone is 1. The van der Waals surface area contributed by atoms with Crippen molar-refractivity contribution in [3.05, 3.63) is 22.3 Å². The number of alkyl halides is 3. The molecule has 0 aliphatic rings. The summed E-state index contributed by atoms with van der Waals surface area (Å²) in [5.41, 5.74) is 0.396. The van der Waals surface area contributed by atoms with E-state index in [0.29, 0.717) is 11.9 Å². The van der Waals surface area contributed by atoms with Crippen molar-refractivity contribution >= 4 is 39.8 Å². The molecule has 0 aromatic carbocycles. The van der Waals surface area contributed by atoms with Crippen LogP contribution >= 0.6 is 22.9 Å². The Labute approximate surface area is 126 Å². The minimum Gasteiger partial charge on any atom is -0.466 e. The third-order valence-electron chi connectivity index (χ3n) is 1.98. The standard InChI is InChI=1S/C11H10ClF3N2O3S/c1-2-20-8(18)3-6-5-21-10(17-6)16-4-7(12)9(19)11(13,14)15/h4-5H,2-3H2,1H3,(H,16,17)/b7-4+. The Morgan fingerprint density at radius 1 is 1.52 bits per heavy atom. The number of hydrogen-bond acceptors (Lipinski definition) is 6. The van der Waals surface area contributed by atoms with E-state index in [1.165, 1.54) is 5.38 Å². The lowest BCUT2D eigenvalue weighted by molar-refractivity contribution is -0.165. The van der Waals surface area contributed by atoms with Crippen molar-refractivity contribution in [3.8, 4) is 0 Å².